The van der Waals surface area contributed by atoms with Crippen LogP contribution in [0.4, 0.5) is 27.4 Å². The van der Waals surface area contributed by atoms with Crippen LogP contribution in [-0.4, -0.2) is 46.1 Å². The molecule has 31 heavy (non-hydrogen) atoms. The van der Waals surface area contributed by atoms with Crippen molar-refractivity contribution in [1.82, 2.24) is 14.6 Å². The van der Waals surface area contributed by atoms with Gasteiger partial charge in [0.25, 0.3) is 0 Å². The van der Waals surface area contributed by atoms with Crippen LogP contribution in [0.15, 0.2) is 30.5 Å². The Morgan fingerprint density at radius 3 is 2.97 bits per heavy atom. The lowest BCUT2D eigenvalue weighted by Gasteiger charge is -2.20. The highest BCUT2D eigenvalue weighted by atomic mass is 19.1. The van der Waals surface area contributed by atoms with Crippen molar-refractivity contribution in [1.29, 1.82) is 0 Å². The molecule has 1 aliphatic heterocycles. The molecule has 3 N–H and O–H groups in total. The van der Waals surface area contributed by atoms with E-state index in [1.165, 1.54) is 6.20 Å². The number of hydrogen-bond donors (Lipinski definition) is 3. The van der Waals surface area contributed by atoms with Gasteiger partial charge in [-0.2, -0.15) is 9.61 Å². The molecular weight excluding hydrogens is 403 g/mol. The van der Waals surface area contributed by atoms with E-state index in [-0.39, 0.29) is 24.0 Å². The van der Waals surface area contributed by atoms with E-state index in [9.17, 15) is 14.0 Å². The lowest BCUT2D eigenvalue weighted by molar-refractivity contribution is -0.116. The number of nitrogens with zero attached hydrogens (tertiary/aromatic N) is 3. The van der Waals surface area contributed by atoms with Crippen LogP contribution in [0.1, 0.15) is 29.6 Å². The molecular formula is C21H21FN6O3. The van der Waals surface area contributed by atoms with Gasteiger partial charge in [0, 0.05) is 31.9 Å². The molecule has 1 saturated carbocycles. The molecule has 3 heterocycles. The molecule has 3 aromatic rings. The van der Waals surface area contributed by atoms with Crippen LogP contribution in [0.3, 0.4) is 0 Å². The third kappa shape index (κ3) is 3.65. The van der Waals surface area contributed by atoms with Crippen LogP contribution in [0.2, 0.25) is 0 Å². The van der Waals surface area contributed by atoms with E-state index >= 15 is 0 Å². The summed E-state index contributed by atoms with van der Waals surface area (Å²) in [5.74, 6) is 1.19. The van der Waals surface area contributed by atoms with Gasteiger partial charge in [0.15, 0.2) is 17.2 Å². The molecule has 1 amide bonds. The van der Waals surface area contributed by atoms with Gasteiger partial charge in [-0.25, -0.2) is 9.37 Å². The highest BCUT2D eigenvalue weighted by Gasteiger charge is 2.38. The largest absolute Gasteiger partial charge is 0.490 e. The molecule has 2 aliphatic rings. The van der Waals surface area contributed by atoms with Gasteiger partial charge in [0.1, 0.15) is 23.5 Å². The fourth-order valence-electron chi connectivity index (χ4n) is 3.68. The maximum Gasteiger partial charge on any atom is 0.224 e. The Morgan fingerprint density at radius 2 is 2.19 bits per heavy atom. The van der Waals surface area contributed by atoms with E-state index in [2.05, 4.69) is 26.0 Å². The molecule has 160 valence electrons. The zero-order chi connectivity index (χ0) is 21.5. The summed E-state index contributed by atoms with van der Waals surface area (Å²) in [7, 11) is 1.75. The fourth-order valence-corrected chi connectivity index (χ4v) is 3.68. The summed E-state index contributed by atoms with van der Waals surface area (Å²) < 4.78 is 20.4. The maximum absolute atomic E-state index is 13.1. The first-order valence-corrected chi connectivity index (χ1v) is 10.1. The van der Waals surface area contributed by atoms with E-state index in [1.807, 2.05) is 6.07 Å². The Morgan fingerprint density at radius 1 is 1.35 bits per heavy atom. The van der Waals surface area contributed by atoms with Gasteiger partial charge in [0.05, 0.1) is 24.1 Å². The molecule has 0 radical (unpaired) electrons. The third-order valence-corrected chi connectivity index (χ3v) is 5.44. The van der Waals surface area contributed by atoms with E-state index in [4.69, 9.17) is 4.74 Å². The number of amides is 1. The van der Waals surface area contributed by atoms with Gasteiger partial charge in [-0.05, 0) is 18.6 Å². The van der Waals surface area contributed by atoms with E-state index in [0.717, 1.165) is 0 Å². The van der Waals surface area contributed by atoms with Crippen molar-refractivity contribution < 1.29 is 18.7 Å². The Labute approximate surface area is 177 Å². The lowest BCUT2D eigenvalue weighted by Crippen LogP contribution is -2.16. The van der Waals surface area contributed by atoms with Crippen LogP contribution < -0.4 is 20.7 Å². The number of aromatic nitrogens is 3. The second-order valence-electron chi connectivity index (χ2n) is 7.66. The number of fused-ring (bicyclic) bond motifs is 2. The number of carbonyl (C=O) groups is 2. The first-order valence-electron chi connectivity index (χ1n) is 10.1. The Balaban J connectivity index is 1.46. The third-order valence-electron chi connectivity index (χ3n) is 5.44. The van der Waals surface area contributed by atoms with E-state index < -0.39 is 6.17 Å². The average Bonchev–Trinajstić information content (AvgIpc) is 3.30. The molecule has 0 unspecified atom stereocenters. The molecule has 1 fully saturated rings. The number of ether oxygens (including phenoxy) is 1. The Kier molecular flexibility index (Phi) is 4.68. The highest BCUT2D eigenvalue weighted by molar-refractivity contribution is 6.01. The predicted molar refractivity (Wildman–Crippen MR) is 113 cm³/mol. The zero-order valence-electron chi connectivity index (χ0n) is 16.8. The summed E-state index contributed by atoms with van der Waals surface area (Å²) in [6.45, 7) is 0.332. The highest BCUT2D eigenvalue weighted by Crippen LogP contribution is 2.37. The number of Topliss-reactive ketones (excluding diaryl/α,β-unsaturated/α-hetero) is 1. The molecule has 5 rings (SSSR count). The zero-order valence-corrected chi connectivity index (χ0v) is 16.8. The summed E-state index contributed by atoms with van der Waals surface area (Å²) in [6, 6.07) is 7.09. The van der Waals surface area contributed by atoms with Crippen molar-refractivity contribution in [2.24, 2.45) is 5.92 Å². The molecule has 1 aliphatic carbocycles. The van der Waals surface area contributed by atoms with Crippen LogP contribution in [0.5, 0.6) is 5.75 Å². The van der Waals surface area contributed by atoms with Gasteiger partial charge in [0.2, 0.25) is 5.91 Å². The summed E-state index contributed by atoms with van der Waals surface area (Å²) in [6.07, 6.45) is 1.55. The molecule has 1 aromatic carbocycles. The number of halogens is 1. The van der Waals surface area contributed by atoms with Crippen LogP contribution in [-0.2, 0) is 4.79 Å². The van der Waals surface area contributed by atoms with Crippen molar-refractivity contribution in [2.45, 2.75) is 25.4 Å². The molecule has 0 saturated heterocycles. The van der Waals surface area contributed by atoms with Crippen molar-refractivity contribution >= 4 is 40.3 Å². The van der Waals surface area contributed by atoms with Crippen molar-refractivity contribution in [3.63, 3.8) is 0 Å². The molecule has 9 nitrogen and oxygen atoms in total. The van der Waals surface area contributed by atoms with E-state index in [0.29, 0.717) is 59.4 Å². The monoisotopic (exact) mass is 424 g/mol. The number of benzene rings is 1. The topological polar surface area (TPSA) is 110 Å². The lowest BCUT2D eigenvalue weighted by atomic mass is 10.0. The van der Waals surface area contributed by atoms with Crippen LogP contribution >= 0.6 is 0 Å². The number of rotatable bonds is 6. The molecule has 2 aromatic heterocycles. The van der Waals surface area contributed by atoms with Crippen molar-refractivity contribution in [2.75, 3.05) is 29.6 Å². The second kappa shape index (κ2) is 7.53. The van der Waals surface area contributed by atoms with Gasteiger partial charge >= 0.3 is 0 Å². The standard InChI is InChI=1S/C21H21FN6O3/c1-23-18-9-17(25-14-4-2-3-12-16(29)5-6-31-20(12)14)27-21-15(10-24-28(18)21)26-19(30)8-11-7-13(11)22/h2-4,9-11,13,23H,5-8H2,1H3,(H,25,27)(H,26,30)/t11-,13-/m0/s1. The fraction of sp³-hybridized carbons (Fsp3) is 0.333. The predicted octanol–water partition coefficient (Wildman–Crippen LogP) is 3.17. The number of para-hydroxylation sites is 1. The van der Waals surface area contributed by atoms with E-state index in [1.54, 1.807) is 29.8 Å². The van der Waals surface area contributed by atoms with Crippen LogP contribution in [0, 0.1) is 5.92 Å². The number of nitrogens with one attached hydrogen (secondary N) is 3. The van der Waals surface area contributed by atoms with Gasteiger partial charge in [-0.1, -0.05) is 6.07 Å². The number of hydrogen-bond acceptors (Lipinski definition) is 7. The van der Waals surface area contributed by atoms with Crippen LogP contribution in [0.25, 0.3) is 5.65 Å². The van der Waals surface area contributed by atoms with Gasteiger partial charge in [-0.15, -0.1) is 0 Å². The maximum atomic E-state index is 13.1. The van der Waals surface area contributed by atoms with Gasteiger partial charge in [-0.3, -0.25) is 9.59 Å². The minimum absolute atomic E-state index is 0.0381. The number of alkyl halides is 1. The molecule has 2 atom stereocenters. The first-order chi connectivity index (χ1) is 15.0. The minimum Gasteiger partial charge on any atom is -0.490 e. The second-order valence-corrected chi connectivity index (χ2v) is 7.66. The first kappa shape index (κ1) is 19.3. The molecule has 0 spiro atoms. The van der Waals surface area contributed by atoms with Crippen molar-refractivity contribution in [3.8, 4) is 5.75 Å². The summed E-state index contributed by atoms with van der Waals surface area (Å²) in [4.78, 5) is 29.0. The summed E-state index contributed by atoms with van der Waals surface area (Å²) in [5.41, 5.74) is 2.02. The quantitative estimate of drug-likeness (QED) is 0.558. The Bertz CT molecular complexity index is 1190. The number of carbonyl (C=O) groups excluding carboxylic acids is 2. The SMILES string of the molecule is CNc1cc(Nc2cccc3c2OCCC3=O)nc2c(NC(=O)C[C@@H]3C[C@@H]3F)cnn12. The molecule has 0 bridgehead atoms. The number of anilines is 4. The van der Waals surface area contributed by atoms with Gasteiger partial charge < -0.3 is 20.7 Å². The smallest absolute Gasteiger partial charge is 0.224 e. The normalized spacial score (nSPS) is 19.5. The summed E-state index contributed by atoms with van der Waals surface area (Å²) in [5, 5.41) is 13.3. The summed E-state index contributed by atoms with van der Waals surface area (Å²) >= 11 is 0. The minimum atomic E-state index is -0.884. The average molecular weight is 424 g/mol. The van der Waals surface area contributed by atoms with Crippen molar-refractivity contribution in [3.05, 3.63) is 36.0 Å². The molecule has 10 heteroatoms. The Hall–Kier alpha value is -3.69. The number of ketones is 1.